The van der Waals surface area contributed by atoms with Crippen LogP contribution in [0.4, 0.5) is 0 Å². The molecule has 0 heterocycles. The number of rotatable bonds is 3. The SMILES string of the molecule is C=[C]c1cccc(CO)c1OC. The molecule has 0 fully saturated rings. The van der Waals surface area contributed by atoms with E-state index in [0.29, 0.717) is 5.75 Å². The van der Waals surface area contributed by atoms with Crippen molar-refractivity contribution in [3.63, 3.8) is 0 Å². The van der Waals surface area contributed by atoms with Gasteiger partial charge in [-0.3, -0.25) is 0 Å². The quantitative estimate of drug-likeness (QED) is 0.732. The molecule has 2 heteroatoms. The van der Waals surface area contributed by atoms with Gasteiger partial charge in [-0.15, -0.1) is 0 Å². The second-order valence-corrected chi connectivity index (χ2v) is 2.33. The lowest BCUT2D eigenvalue weighted by atomic mass is 10.1. The summed E-state index contributed by atoms with van der Waals surface area (Å²) in [5, 5.41) is 8.94. The lowest BCUT2D eigenvalue weighted by molar-refractivity contribution is 0.273. The lowest BCUT2D eigenvalue weighted by Gasteiger charge is -2.08. The maximum Gasteiger partial charge on any atom is 0.132 e. The molecule has 63 valence electrons. The molecule has 1 radical (unpaired) electrons. The first kappa shape index (κ1) is 8.81. The van der Waals surface area contributed by atoms with E-state index in [0.717, 1.165) is 11.1 Å². The van der Waals surface area contributed by atoms with Crippen LogP contribution in [0.3, 0.4) is 0 Å². The van der Waals surface area contributed by atoms with Crippen molar-refractivity contribution in [2.24, 2.45) is 0 Å². The van der Waals surface area contributed by atoms with Gasteiger partial charge < -0.3 is 9.84 Å². The van der Waals surface area contributed by atoms with E-state index in [1.807, 2.05) is 12.1 Å². The summed E-state index contributed by atoms with van der Waals surface area (Å²) in [6, 6.07) is 5.48. The first-order valence-electron chi connectivity index (χ1n) is 3.63. The third kappa shape index (κ3) is 1.48. The van der Waals surface area contributed by atoms with E-state index in [1.165, 1.54) is 0 Å². The summed E-state index contributed by atoms with van der Waals surface area (Å²) in [5.41, 5.74) is 1.54. The Morgan fingerprint density at radius 2 is 2.33 bits per heavy atom. The molecule has 0 bridgehead atoms. The van der Waals surface area contributed by atoms with Gasteiger partial charge in [0.25, 0.3) is 0 Å². The largest absolute Gasteiger partial charge is 0.496 e. The highest BCUT2D eigenvalue weighted by molar-refractivity contribution is 5.44. The summed E-state index contributed by atoms with van der Waals surface area (Å²) in [4.78, 5) is 0. The number of ether oxygens (including phenoxy) is 1. The minimum absolute atomic E-state index is 0.0291. The van der Waals surface area contributed by atoms with Crippen molar-refractivity contribution in [3.05, 3.63) is 42.0 Å². The standard InChI is InChI=1S/C10H11O2/c1-3-8-5-4-6-9(7-11)10(8)12-2/h4-6,11H,1,7H2,2H3. The van der Waals surface area contributed by atoms with E-state index < -0.39 is 0 Å². The van der Waals surface area contributed by atoms with Crippen LogP contribution in [0.1, 0.15) is 11.1 Å². The van der Waals surface area contributed by atoms with Gasteiger partial charge >= 0.3 is 0 Å². The molecule has 0 amide bonds. The van der Waals surface area contributed by atoms with Crippen molar-refractivity contribution in [1.82, 2.24) is 0 Å². The number of aliphatic hydroxyl groups is 1. The lowest BCUT2D eigenvalue weighted by Crippen LogP contribution is -1.94. The zero-order chi connectivity index (χ0) is 8.97. The smallest absolute Gasteiger partial charge is 0.132 e. The van der Waals surface area contributed by atoms with Crippen LogP contribution in [0.5, 0.6) is 5.75 Å². The van der Waals surface area contributed by atoms with E-state index >= 15 is 0 Å². The number of benzene rings is 1. The first-order valence-corrected chi connectivity index (χ1v) is 3.63. The fourth-order valence-electron chi connectivity index (χ4n) is 1.09. The van der Waals surface area contributed by atoms with Gasteiger partial charge in [-0.1, -0.05) is 24.8 Å². The van der Waals surface area contributed by atoms with Gasteiger partial charge in [-0.05, 0) is 6.08 Å². The summed E-state index contributed by atoms with van der Waals surface area (Å²) in [6.45, 7) is 3.50. The molecule has 12 heavy (non-hydrogen) atoms. The van der Waals surface area contributed by atoms with Crippen LogP contribution in [0, 0.1) is 6.08 Å². The monoisotopic (exact) mass is 163 g/mol. The number of para-hydroxylation sites is 1. The van der Waals surface area contributed by atoms with Gasteiger partial charge in [0.2, 0.25) is 0 Å². The fourth-order valence-corrected chi connectivity index (χ4v) is 1.09. The average molecular weight is 163 g/mol. The van der Waals surface area contributed by atoms with E-state index in [1.54, 1.807) is 13.2 Å². The summed E-state index contributed by atoms with van der Waals surface area (Å²) in [6.07, 6.45) is 2.74. The van der Waals surface area contributed by atoms with Crippen LogP contribution in [0.25, 0.3) is 0 Å². The van der Waals surface area contributed by atoms with Gasteiger partial charge in [-0.25, -0.2) is 0 Å². The third-order valence-electron chi connectivity index (χ3n) is 1.66. The van der Waals surface area contributed by atoms with Crippen molar-refractivity contribution in [2.45, 2.75) is 6.61 Å². The van der Waals surface area contributed by atoms with Gasteiger partial charge in [0.1, 0.15) is 5.75 Å². The van der Waals surface area contributed by atoms with Crippen molar-refractivity contribution in [2.75, 3.05) is 7.11 Å². The Hall–Kier alpha value is -1.28. The molecule has 0 aromatic heterocycles. The molecule has 1 N–H and O–H groups in total. The normalized spacial score (nSPS) is 9.50. The van der Waals surface area contributed by atoms with Crippen molar-refractivity contribution >= 4 is 0 Å². The molecule has 0 atom stereocenters. The maximum atomic E-state index is 8.94. The van der Waals surface area contributed by atoms with Crippen LogP contribution in [0.2, 0.25) is 0 Å². The maximum absolute atomic E-state index is 8.94. The molecular weight excluding hydrogens is 152 g/mol. The molecule has 0 saturated heterocycles. The second-order valence-electron chi connectivity index (χ2n) is 2.33. The third-order valence-corrected chi connectivity index (χ3v) is 1.66. The first-order chi connectivity index (χ1) is 5.83. The Kier molecular flexibility index (Phi) is 2.88. The van der Waals surface area contributed by atoms with Gasteiger partial charge in [0.05, 0.1) is 13.7 Å². The summed E-state index contributed by atoms with van der Waals surface area (Å²) < 4.78 is 5.10. The zero-order valence-corrected chi connectivity index (χ0v) is 7.00. The van der Waals surface area contributed by atoms with Crippen molar-refractivity contribution < 1.29 is 9.84 Å². The molecule has 1 aromatic rings. The molecule has 0 unspecified atom stereocenters. The highest BCUT2D eigenvalue weighted by Gasteiger charge is 2.04. The predicted octanol–water partition coefficient (Wildman–Crippen LogP) is 1.52. The Balaban J connectivity index is 3.21. The summed E-state index contributed by atoms with van der Waals surface area (Å²) >= 11 is 0. The average Bonchev–Trinajstić information content (AvgIpc) is 2.16. The Morgan fingerprint density at radius 3 is 2.83 bits per heavy atom. The second kappa shape index (κ2) is 3.93. The number of hydrogen-bond acceptors (Lipinski definition) is 2. The Labute approximate surface area is 72.1 Å². The van der Waals surface area contributed by atoms with Gasteiger partial charge in [0, 0.05) is 11.1 Å². The molecule has 2 nitrogen and oxygen atoms in total. The minimum atomic E-state index is -0.0291. The predicted molar refractivity (Wildman–Crippen MR) is 46.9 cm³/mol. The van der Waals surface area contributed by atoms with E-state index in [9.17, 15) is 0 Å². The Bertz CT molecular complexity index is 279. The molecule has 0 aliphatic heterocycles. The number of aliphatic hydroxyl groups excluding tert-OH is 1. The van der Waals surface area contributed by atoms with Gasteiger partial charge in [-0.2, -0.15) is 0 Å². The van der Waals surface area contributed by atoms with Crippen molar-refractivity contribution in [1.29, 1.82) is 0 Å². The molecule has 1 rings (SSSR count). The molecular formula is C10H11O2. The molecule has 0 aliphatic rings. The summed E-state index contributed by atoms with van der Waals surface area (Å²) in [5.74, 6) is 0.648. The minimum Gasteiger partial charge on any atom is -0.496 e. The molecule has 0 spiro atoms. The van der Waals surface area contributed by atoms with E-state index in [4.69, 9.17) is 9.84 Å². The highest BCUT2D eigenvalue weighted by atomic mass is 16.5. The molecule has 1 aromatic carbocycles. The summed E-state index contributed by atoms with van der Waals surface area (Å²) in [7, 11) is 1.56. The van der Waals surface area contributed by atoms with Crippen LogP contribution >= 0.6 is 0 Å². The number of methoxy groups -OCH3 is 1. The highest BCUT2D eigenvalue weighted by Crippen LogP contribution is 2.23. The molecule has 0 aliphatic carbocycles. The van der Waals surface area contributed by atoms with Crippen LogP contribution in [-0.4, -0.2) is 12.2 Å². The molecule has 0 saturated carbocycles. The number of hydrogen-bond donors (Lipinski definition) is 1. The fraction of sp³-hybridized carbons (Fsp3) is 0.200. The topological polar surface area (TPSA) is 29.5 Å². The van der Waals surface area contributed by atoms with E-state index in [2.05, 4.69) is 12.7 Å². The van der Waals surface area contributed by atoms with E-state index in [-0.39, 0.29) is 6.61 Å². The zero-order valence-electron chi connectivity index (χ0n) is 7.00. The van der Waals surface area contributed by atoms with Crippen LogP contribution in [-0.2, 0) is 6.61 Å². The van der Waals surface area contributed by atoms with Crippen LogP contribution in [0.15, 0.2) is 24.8 Å². The van der Waals surface area contributed by atoms with Crippen molar-refractivity contribution in [3.8, 4) is 5.75 Å². The van der Waals surface area contributed by atoms with Crippen LogP contribution < -0.4 is 4.74 Å². The Morgan fingerprint density at radius 1 is 1.58 bits per heavy atom. The van der Waals surface area contributed by atoms with Gasteiger partial charge in [0.15, 0.2) is 0 Å².